The first-order valence-electron chi connectivity index (χ1n) is 6.27. The zero-order valence-corrected chi connectivity index (χ0v) is 11.8. The molecule has 2 amide bonds. The van der Waals surface area contributed by atoms with Crippen molar-refractivity contribution in [1.82, 2.24) is 15.1 Å². The highest BCUT2D eigenvalue weighted by Gasteiger charge is 2.20. The molecule has 0 saturated carbocycles. The van der Waals surface area contributed by atoms with E-state index in [-0.39, 0.29) is 6.03 Å². The lowest BCUT2D eigenvalue weighted by Gasteiger charge is -2.22. The van der Waals surface area contributed by atoms with Crippen LogP contribution in [0.15, 0.2) is 0 Å². The van der Waals surface area contributed by atoms with Crippen molar-refractivity contribution < 1.29 is 14.7 Å². The molecular weight excluding hydrogens is 234 g/mol. The number of likely N-dealkylation sites (N-methyl/N-ethyl adjacent to an activating group) is 2. The number of amides is 2. The van der Waals surface area contributed by atoms with Crippen molar-refractivity contribution in [1.29, 1.82) is 0 Å². The number of rotatable bonds is 8. The number of urea groups is 1. The summed E-state index contributed by atoms with van der Waals surface area (Å²) in [7, 11) is 5.51. The molecule has 2 N–H and O–H groups in total. The molecule has 1 atom stereocenters. The summed E-state index contributed by atoms with van der Waals surface area (Å²) in [6.07, 6.45) is 2.17. The molecule has 0 aliphatic carbocycles. The fraction of sp³-hybridized carbons (Fsp3) is 0.833. The smallest absolute Gasteiger partial charge is 0.326 e. The van der Waals surface area contributed by atoms with Crippen LogP contribution in [0.4, 0.5) is 4.79 Å². The van der Waals surface area contributed by atoms with Gasteiger partial charge >= 0.3 is 12.0 Å². The largest absolute Gasteiger partial charge is 0.480 e. The summed E-state index contributed by atoms with van der Waals surface area (Å²) in [5.41, 5.74) is 0. The Morgan fingerprint density at radius 3 is 2.28 bits per heavy atom. The van der Waals surface area contributed by atoms with Crippen LogP contribution >= 0.6 is 0 Å². The summed E-state index contributed by atoms with van der Waals surface area (Å²) >= 11 is 0. The maximum atomic E-state index is 11.8. The lowest BCUT2D eigenvalue weighted by molar-refractivity contribution is -0.139. The average molecular weight is 259 g/mol. The number of unbranched alkanes of at least 4 members (excludes halogenated alkanes) is 1. The Labute approximate surface area is 109 Å². The number of aliphatic carboxylic acids is 1. The Balaban J connectivity index is 4.18. The number of carboxylic acids is 1. The van der Waals surface area contributed by atoms with Gasteiger partial charge in [-0.15, -0.1) is 0 Å². The first kappa shape index (κ1) is 16.7. The van der Waals surface area contributed by atoms with Crippen molar-refractivity contribution in [3.05, 3.63) is 0 Å². The van der Waals surface area contributed by atoms with Crippen molar-refractivity contribution >= 4 is 12.0 Å². The Kier molecular flexibility index (Phi) is 8.11. The van der Waals surface area contributed by atoms with Gasteiger partial charge in [0.05, 0.1) is 0 Å². The Morgan fingerprint density at radius 2 is 1.83 bits per heavy atom. The SMILES string of the molecule is CCCC[C@H](NC(=O)N(C)CCN(C)C)C(=O)O. The molecule has 0 aromatic rings. The maximum Gasteiger partial charge on any atom is 0.326 e. The summed E-state index contributed by atoms with van der Waals surface area (Å²) in [6.45, 7) is 3.31. The third-order valence-electron chi connectivity index (χ3n) is 2.67. The lowest BCUT2D eigenvalue weighted by atomic mass is 10.1. The van der Waals surface area contributed by atoms with Crippen molar-refractivity contribution in [3.8, 4) is 0 Å². The fourth-order valence-corrected chi connectivity index (χ4v) is 1.38. The van der Waals surface area contributed by atoms with Gasteiger partial charge in [0.2, 0.25) is 0 Å². The molecule has 0 radical (unpaired) electrons. The van der Waals surface area contributed by atoms with E-state index in [4.69, 9.17) is 5.11 Å². The van der Waals surface area contributed by atoms with Crippen LogP contribution in [0.1, 0.15) is 26.2 Å². The van der Waals surface area contributed by atoms with Crippen molar-refractivity contribution in [3.63, 3.8) is 0 Å². The molecule has 0 rings (SSSR count). The van der Waals surface area contributed by atoms with Crippen LogP contribution in [-0.4, -0.2) is 67.2 Å². The minimum atomic E-state index is -0.974. The maximum absolute atomic E-state index is 11.8. The Bertz CT molecular complexity index is 269. The molecule has 0 aromatic carbocycles. The van der Waals surface area contributed by atoms with Gasteiger partial charge in [0.1, 0.15) is 6.04 Å². The van der Waals surface area contributed by atoms with Crippen molar-refractivity contribution in [2.45, 2.75) is 32.2 Å². The predicted octanol–water partition coefficient (Wildman–Crippen LogP) is 0.833. The van der Waals surface area contributed by atoms with Gasteiger partial charge in [0.15, 0.2) is 0 Å². The van der Waals surface area contributed by atoms with Gasteiger partial charge in [-0.3, -0.25) is 0 Å². The summed E-state index contributed by atoms with van der Waals surface area (Å²) < 4.78 is 0. The van der Waals surface area contributed by atoms with E-state index in [1.807, 2.05) is 25.9 Å². The molecule has 6 heteroatoms. The van der Waals surface area contributed by atoms with E-state index in [0.29, 0.717) is 13.0 Å². The summed E-state index contributed by atoms with van der Waals surface area (Å²) in [5, 5.41) is 11.6. The van der Waals surface area contributed by atoms with E-state index < -0.39 is 12.0 Å². The third-order valence-corrected chi connectivity index (χ3v) is 2.67. The normalized spacial score (nSPS) is 12.3. The number of carbonyl (C=O) groups excluding carboxylic acids is 1. The molecular formula is C12H25N3O3. The van der Waals surface area contributed by atoms with E-state index in [1.54, 1.807) is 7.05 Å². The van der Waals surface area contributed by atoms with Gasteiger partial charge in [0, 0.05) is 20.1 Å². The second-order valence-electron chi connectivity index (χ2n) is 4.71. The van der Waals surface area contributed by atoms with Gasteiger partial charge in [-0.2, -0.15) is 0 Å². The lowest BCUT2D eigenvalue weighted by Crippen LogP contribution is -2.47. The Hall–Kier alpha value is -1.30. The number of carbonyl (C=O) groups is 2. The first-order valence-corrected chi connectivity index (χ1v) is 6.27. The Morgan fingerprint density at radius 1 is 1.22 bits per heavy atom. The van der Waals surface area contributed by atoms with Crippen LogP contribution in [-0.2, 0) is 4.79 Å². The second kappa shape index (κ2) is 8.74. The van der Waals surface area contributed by atoms with Crippen LogP contribution in [0, 0.1) is 0 Å². The molecule has 0 aromatic heterocycles. The topological polar surface area (TPSA) is 72.9 Å². The molecule has 18 heavy (non-hydrogen) atoms. The number of carboxylic acid groups (broad SMARTS) is 1. The predicted molar refractivity (Wildman–Crippen MR) is 70.7 cm³/mol. The van der Waals surface area contributed by atoms with Crippen LogP contribution in [0.3, 0.4) is 0 Å². The van der Waals surface area contributed by atoms with Crippen LogP contribution < -0.4 is 5.32 Å². The van der Waals surface area contributed by atoms with Crippen LogP contribution in [0.25, 0.3) is 0 Å². The zero-order valence-electron chi connectivity index (χ0n) is 11.8. The van der Waals surface area contributed by atoms with Gasteiger partial charge < -0.3 is 20.2 Å². The molecule has 0 aliphatic heterocycles. The highest BCUT2D eigenvalue weighted by atomic mass is 16.4. The average Bonchev–Trinajstić information content (AvgIpc) is 2.30. The second-order valence-corrected chi connectivity index (χ2v) is 4.71. The zero-order chi connectivity index (χ0) is 14.1. The standard InChI is InChI=1S/C12H25N3O3/c1-5-6-7-10(11(16)17)13-12(18)15(4)9-8-14(2)3/h10H,5-9H2,1-4H3,(H,13,18)(H,16,17)/t10-/m0/s1. The molecule has 0 spiro atoms. The molecule has 0 bridgehead atoms. The van der Waals surface area contributed by atoms with E-state index >= 15 is 0 Å². The number of hydrogen-bond donors (Lipinski definition) is 2. The van der Waals surface area contributed by atoms with E-state index in [2.05, 4.69) is 5.32 Å². The molecule has 106 valence electrons. The summed E-state index contributed by atoms with van der Waals surface area (Å²) in [5.74, 6) is -0.974. The highest BCUT2D eigenvalue weighted by Crippen LogP contribution is 2.01. The van der Waals surface area contributed by atoms with Crippen LogP contribution in [0.2, 0.25) is 0 Å². The van der Waals surface area contributed by atoms with Crippen molar-refractivity contribution in [2.24, 2.45) is 0 Å². The van der Waals surface area contributed by atoms with Gasteiger partial charge in [-0.05, 0) is 20.5 Å². The highest BCUT2D eigenvalue weighted by molar-refractivity contribution is 5.82. The molecule has 0 fully saturated rings. The number of nitrogens with one attached hydrogen (secondary N) is 1. The fourth-order valence-electron chi connectivity index (χ4n) is 1.38. The quantitative estimate of drug-likeness (QED) is 0.677. The van der Waals surface area contributed by atoms with E-state index in [9.17, 15) is 9.59 Å². The number of hydrogen-bond acceptors (Lipinski definition) is 3. The summed E-state index contributed by atoms with van der Waals surface area (Å²) in [4.78, 5) is 26.2. The number of nitrogens with zero attached hydrogens (tertiary/aromatic N) is 2. The monoisotopic (exact) mass is 259 g/mol. The van der Waals surface area contributed by atoms with Crippen molar-refractivity contribution in [2.75, 3.05) is 34.2 Å². The molecule has 6 nitrogen and oxygen atoms in total. The van der Waals surface area contributed by atoms with Gasteiger partial charge in [0.25, 0.3) is 0 Å². The van der Waals surface area contributed by atoms with E-state index in [1.165, 1.54) is 4.90 Å². The molecule has 0 aliphatic rings. The molecule has 0 unspecified atom stereocenters. The third kappa shape index (κ3) is 7.11. The van der Waals surface area contributed by atoms with E-state index in [0.717, 1.165) is 19.4 Å². The molecule has 0 heterocycles. The van der Waals surface area contributed by atoms with Gasteiger partial charge in [-0.25, -0.2) is 9.59 Å². The minimum Gasteiger partial charge on any atom is -0.480 e. The van der Waals surface area contributed by atoms with Gasteiger partial charge in [-0.1, -0.05) is 19.8 Å². The summed E-state index contributed by atoms with van der Waals surface area (Å²) in [6, 6.07) is -1.13. The first-order chi connectivity index (χ1) is 8.38. The van der Waals surface area contributed by atoms with Crippen LogP contribution in [0.5, 0.6) is 0 Å². The minimum absolute atomic E-state index is 0.333. The molecule has 0 saturated heterocycles.